The van der Waals surface area contributed by atoms with E-state index in [0.717, 1.165) is 5.75 Å². The number of carbonyl (C=O) groups excluding carboxylic acids is 1. The van der Waals surface area contributed by atoms with Gasteiger partial charge in [0.15, 0.2) is 0 Å². The molecule has 0 aliphatic carbocycles. The topological polar surface area (TPSA) is 77.9 Å². The Hall–Kier alpha value is -0.710. The summed E-state index contributed by atoms with van der Waals surface area (Å²) in [6.07, 6.45) is 2.65. The molecule has 0 rings (SSSR count). The molecule has 0 radical (unpaired) electrons. The van der Waals surface area contributed by atoms with E-state index in [1.54, 1.807) is 18.8 Å². The fourth-order valence-electron chi connectivity index (χ4n) is 0.741. The number of likely N-dealkylation sites (N-methyl/N-ethyl adjacent to an activating group) is 1. The quantitative estimate of drug-likeness (QED) is 0.399. The predicted molar refractivity (Wildman–Crippen MR) is 50.0 cm³/mol. The fourth-order valence-corrected chi connectivity index (χ4v) is 1.21. The first-order valence-corrected chi connectivity index (χ1v) is 4.90. The first kappa shape index (κ1) is 11.3. The molecule has 0 aliphatic rings. The summed E-state index contributed by atoms with van der Waals surface area (Å²) in [5.41, 5.74) is 8.01. The number of rotatable bonds is 5. The van der Waals surface area contributed by atoms with Crippen LogP contribution in [0.3, 0.4) is 0 Å². The minimum atomic E-state index is -0.436. The van der Waals surface area contributed by atoms with Crippen LogP contribution in [0.25, 0.3) is 10.4 Å². The van der Waals surface area contributed by atoms with Gasteiger partial charge in [0, 0.05) is 4.91 Å². The average molecular weight is 188 g/mol. The van der Waals surface area contributed by atoms with E-state index >= 15 is 0 Å². The molecule has 0 aromatic rings. The van der Waals surface area contributed by atoms with Crippen LogP contribution in [0.5, 0.6) is 0 Å². The van der Waals surface area contributed by atoms with Crippen molar-refractivity contribution in [3.8, 4) is 0 Å². The Morgan fingerprint density at radius 2 is 2.50 bits per heavy atom. The lowest BCUT2D eigenvalue weighted by Crippen LogP contribution is -2.33. The molecule has 0 unspecified atom stereocenters. The number of hydrogen-bond donors (Lipinski definition) is 1. The fraction of sp³-hybridized carbons (Fsp3) is 0.833. The van der Waals surface area contributed by atoms with Crippen LogP contribution < -0.4 is 5.32 Å². The Morgan fingerprint density at radius 3 is 2.92 bits per heavy atom. The van der Waals surface area contributed by atoms with Crippen molar-refractivity contribution in [2.45, 2.75) is 12.5 Å². The van der Waals surface area contributed by atoms with Gasteiger partial charge in [-0.3, -0.25) is 4.79 Å². The maximum absolute atomic E-state index is 11.0. The van der Waals surface area contributed by atoms with Crippen molar-refractivity contribution < 1.29 is 4.79 Å². The maximum Gasteiger partial charge on any atom is 0.235 e. The summed E-state index contributed by atoms with van der Waals surface area (Å²) in [5, 5.41) is 5.81. The maximum atomic E-state index is 11.0. The largest absolute Gasteiger partial charge is 0.310 e. The van der Waals surface area contributed by atoms with Gasteiger partial charge in [0.2, 0.25) is 5.91 Å². The zero-order valence-electron chi connectivity index (χ0n) is 7.15. The van der Waals surface area contributed by atoms with Gasteiger partial charge >= 0.3 is 0 Å². The van der Waals surface area contributed by atoms with E-state index < -0.39 is 5.91 Å². The summed E-state index contributed by atoms with van der Waals surface area (Å²) in [4.78, 5) is 13.4. The van der Waals surface area contributed by atoms with E-state index in [4.69, 9.17) is 5.53 Å². The van der Waals surface area contributed by atoms with Gasteiger partial charge in [0.25, 0.3) is 0 Å². The molecule has 0 fully saturated rings. The standard InChI is InChI=1S/C6H12N4OS/c1-8-5(3-4-12-2)6(11)9-10-7/h5,8H,3-4H2,1-2H3/t5-/m0/s1. The number of nitrogens with one attached hydrogen (secondary N) is 1. The van der Waals surface area contributed by atoms with Crippen LogP contribution in [0.1, 0.15) is 6.42 Å². The van der Waals surface area contributed by atoms with E-state index in [-0.39, 0.29) is 6.04 Å². The van der Waals surface area contributed by atoms with Crippen molar-refractivity contribution in [1.82, 2.24) is 5.32 Å². The minimum absolute atomic E-state index is 0.339. The molecule has 0 aromatic carbocycles. The second-order valence-corrected chi connectivity index (χ2v) is 3.14. The monoisotopic (exact) mass is 188 g/mol. The van der Waals surface area contributed by atoms with Crippen molar-refractivity contribution in [1.29, 1.82) is 0 Å². The third-order valence-electron chi connectivity index (χ3n) is 1.40. The van der Waals surface area contributed by atoms with Crippen LogP contribution in [-0.4, -0.2) is 31.0 Å². The minimum Gasteiger partial charge on any atom is -0.310 e. The van der Waals surface area contributed by atoms with Crippen molar-refractivity contribution in [3.05, 3.63) is 10.4 Å². The highest BCUT2D eigenvalue weighted by Gasteiger charge is 2.13. The lowest BCUT2D eigenvalue weighted by Gasteiger charge is -2.09. The van der Waals surface area contributed by atoms with E-state index in [1.165, 1.54) is 0 Å². The van der Waals surface area contributed by atoms with Crippen LogP contribution >= 0.6 is 11.8 Å². The Bertz CT molecular complexity index is 190. The lowest BCUT2D eigenvalue weighted by atomic mass is 10.2. The van der Waals surface area contributed by atoms with Gasteiger partial charge in [0.1, 0.15) is 0 Å². The number of carbonyl (C=O) groups is 1. The highest BCUT2D eigenvalue weighted by atomic mass is 32.2. The first-order valence-electron chi connectivity index (χ1n) is 3.51. The van der Waals surface area contributed by atoms with Gasteiger partial charge in [-0.1, -0.05) is 0 Å². The first-order chi connectivity index (χ1) is 5.76. The highest BCUT2D eigenvalue weighted by Crippen LogP contribution is 2.01. The van der Waals surface area contributed by atoms with Gasteiger partial charge in [-0.25, -0.2) is 0 Å². The molecule has 1 atom stereocenters. The molecule has 6 heteroatoms. The number of azide groups is 1. The Balaban J connectivity index is 3.95. The molecule has 0 saturated heterocycles. The molecular weight excluding hydrogens is 176 g/mol. The second-order valence-electron chi connectivity index (χ2n) is 2.15. The van der Waals surface area contributed by atoms with Gasteiger partial charge in [-0.2, -0.15) is 11.8 Å². The normalized spacial score (nSPS) is 11.8. The summed E-state index contributed by atoms with van der Waals surface area (Å²) in [6, 6.07) is -0.339. The van der Waals surface area contributed by atoms with Gasteiger partial charge in [-0.05, 0) is 36.1 Å². The molecule has 0 saturated carbocycles. The molecule has 68 valence electrons. The lowest BCUT2D eigenvalue weighted by molar-refractivity contribution is -0.119. The Kier molecular flexibility index (Phi) is 6.55. The number of thioether (sulfide) groups is 1. The molecule has 5 nitrogen and oxygen atoms in total. The number of hydrogen-bond acceptors (Lipinski definition) is 3. The summed E-state index contributed by atoms with van der Waals surface area (Å²) in [6.45, 7) is 0. The van der Waals surface area contributed by atoms with Crippen molar-refractivity contribution in [2.24, 2.45) is 5.11 Å². The van der Waals surface area contributed by atoms with Crippen molar-refractivity contribution in [2.75, 3.05) is 19.1 Å². The third-order valence-corrected chi connectivity index (χ3v) is 2.04. The van der Waals surface area contributed by atoms with Crippen molar-refractivity contribution >= 4 is 17.7 Å². The van der Waals surface area contributed by atoms with Crippen LogP contribution in [0.2, 0.25) is 0 Å². The SMILES string of the molecule is CN[C@@H](CCSC)C(=O)N=[N+]=[N-]. The average Bonchev–Trinajstić information content (AvgIpc) is 2.06. The zero-order valence-corrected chi connectivity index (χ0v) is 7.97. The molecule has 0 aliphatic heterocycles. The predicted octanol–water partition coefficient (Wildman–Crippen LogP) is 1.16. The molecule has 0 bridgehead atoms. The van der Waals surface area contributed by atoms with E-state index in [1.807, 2.05) is 6.26 Å². The smallest absolute Gasteiger partial charge is 0.235 e. The van der Waals surface area contributed by atoms with Gasteiger partial charge in [0.05, 0.1) is 6.04 Å². The molecule has 0 aromatic heterocycles. The van der Waals surface area contributed by atoms with Crippen LogP contribution in [-0.2, 0) is 4.79 Å². The van der Waals surface area contributed by atoms with Crippen LogP contribution in [0.15, 0.2) is 5.11 Å². The Labute approximate surface area is 75.5 Å². The summed E-state index contributed by atoms with van der Waals surface area (Å²) in [5.74, 6) is 0.437. The number of amides is 1. The third kappa shape index (κ3) is 4.23. The number of nitrogens with zero attached hydrogens (tertiary/aromatic N) is 3. The van der Waals surface area contributed by atoms with Crippen LogP contribution in [0.4, 0.5) is 0 Å². The molecule has 1 amide bonds. The summed E-state index contributed by atoms with van der Waals surface area (Å²) in [7, 11) is 1.68. The molecule has 12 heavy (non-hydrogen) atoms. The highest BCUT2D eigenvalue weighted by molar-refractivity contribution is 7.98. The van der Waals surface area contributed by atoms with Crippen molar-refractivity contribution in [3.63, 3.8) is 0 Å². The van der Waals surface area contributed by atoms with Gasteiger partial charge < -0.3 is 5.32 Å². The van der Waals surface area contributed by atoms with E-state index in [2.05, 4.69) is 15.3 Å². The second kappa shape index (κ2) is 6.97. The molecular formula is C6H12N4OS. The summed E-state index contributed by atoms with van der Waals surface area (Å²) >= 11 is 1.65. The van der Waals surface area contributed by atoms with Crippen LogP contribution in [0, 0.1) is 0 Å². The zero-order chi connectivity index (χ0) is 9.40. The molecule has 1 N–H and O–H groups in total. The molecule has 0 heterocycles. The van der Waals surface area contributed by atoms with Gasteiger partial charge in [-0.15, -0.1) is 0 Å². The van der Waals surface area contributed by atoms with E-state index in [0.29, 0.717) is 6.42 Å². The Morgan fingerprint density at radius 1 is 1.83 bits per heavy atom. The summed E-state index contributed by atoms with van der Waals surface area (Å²) < 4.78 is 0. The van der Waals surface area contributed by atoms with E-state index in [9.17, 15) is 4.79 Å². The molecule has 0 spiro atoms.